The molecule has 25 heavy (non-hydrogen) atoms. The molecule has 136 valence electrons. The maximum atomic E-state index is 10.6. The third kappa shape index (κ3) is 4.22. The van der Waals surface area contributed by atoms with Crippen LogP contribution in [0.2, 0.25) is 0 Å². The normalized spacial score (nSPS) is 18.9. The summed E-state index contributed by atoms with van der Waals surface area (Å²) in [5, 5.41) is 10.6. The Hall–Kier alpha value is -1.85. The molecule has 0 amide bonds. The number of piperidine rings is 1. The highest BCUT2D eigenvalue weighted by molar-refractivity contribution is 5.29. The largest absolute Gasteiger partial charge is 0.497 e. The number of methoxy groups -OCH3 is 1. The van der Waals surface area contributed by atoms with Crippen molar-refractivity contribution in [2.75, 3.05) is 26.7 Å². The molecule has 1 aromatic carbocycles. The number of ether oxygens (including phenoxy) is 1. The van der Waals surface area contributed by atoms with E-state index in [-0.39, 0.29) is 0 Å². The van der Waals surface area contributed by atoms with Crippen molar-refractivity contribution in [1.82, 2.24) is 14.5 Å². The molecular weight excluding hydrogens is 314 g/mol. The number of aliphatic hydroxyl groups is 1. The molecule has 1 fully saturated rings. The van der Waals surface area contributed by atoms with E-state index in [2.05, 4.69) is 28.9 Å². The Bertz CT molecular complexity index is 660. The van der Waals surface area contributed by atoms with Crippen molar-refractivity contribution in [1.29, 1.82) is 0 Å². The lowest BCUT2D eigenvalue weighted by atomic mass is 9.90. The van der Waals surface area contributed by atoms with Gasteiger partial charge in [-0.3, -0.25) is 0 Å². The summed E-state index contributed by atoms with van der Waals surface area (Å²) in [7, 11) is 3.64. The third-order valence-electron chi connectivity index (χ3n) is 5.42. The van der Waals surface area contributed by atoms with Crippen LogP contribution in [0.5, 0.6) is 5.75 Å². The molecule has 2 unspecified atom stereocenters. The van der Waals surface area contributed by atoms with Crippen LogP contribution in [0.3, 0.4) is 0 Å². The molecule has 0 bridgehead atoms. The van der Waals surface area contributed by atoms with Crippen molar-refractivity contribution in [3.8, 4) is 5.75 Å². The van der Waals surface area contributed by atoms with E-state index in [1.807, 2.05) is 29.9 Å². The van der Waals surface area contributed by atoms with Gasteiger partial charge in [0.15, 0.2) is 0 Å². The number of aromatic nitrogens is 2. The van der Waals surface area contributed by atoms with Crippen LogP contribution < -0.4 is 4.74 Å². The fourth-order valence-corrected chi connectivity index (χ4v) is 3.75. The molecule has 0 spiro atoms. The van der Waals surface area contributed by atoms with Crippen molar-refractivity contribution >= 4 is 0 Å². The molecule has 3 rings (SSSR count). The monoisotopic (exact) mass is 343 g/mol. The van der Waals surface area contributed by atoms with E-state index in [0.29, 0.717) is 11.8 Å². The average molecular weight is 343 g/mol. The molecule has 2 aromatic rings. The fourth-order valence-electron chi connectivity index (χ4n) is 3.75. The molecule has 0 saturated carbocycles. The van der Waals surface area contributed by atoms with E-state index in [4.69, 9.17) is 4.74 Å². The lowest BCUT2D eigenvalue weighted by Crippen LogP contribution is -2.38. The molecule has 1 N–H and O–H groups in total. The first-order valence-electron chi connectivity index (χ1n) is 9.10. The predicted octanol–water partition coefficient (Wildman–Crippen LogP) is 2.98. The summed E-state index contributed by atoms with van der Waals surface area (Å²) < 4.78 is 7.15. The topological polar surface area (TPSA) is 50.5 Å². The fraction of sp³-hybridized carbons (Fsp3) is 0.550. The summed E-state index contributed by atoms with van der Waals surface area (Å²) >= 11 is 0. The van der Waals surface area contributed by atoms with Gasteiger partial charge in [0.25, 0.3) is 0 Å². The van der Waals surface area contributed by atoms with Gasteiger partial charge in [-0.2, -0.15) is 0 Å². The molecule has 0 aliphatic carbocycles. The van der Waals surface area contributed by atoms with Gasteiger partial charge >= 0.3 is 0 Å². The number of benzene rings is 1. The second-order valence-corrected chi connectivity index (χ2v) is 7.15. The number of hydrogen-bond acceptors (Lipinski definition) is 4. The summed E-state index contributed by atoms with van der Waals surface area (Å²) in [6.45, 7) is 5.40. The van der Waals surface area contributed by atoms with Gasteiger partial charge in [-0.15, -0.1) is 0 Å². The van der Waals surface area contributed by atoms with E-state index >= 15 is 0 Å². The smallest absolute Gasteiger partial charge is 0.137 e. The standard InChI is InChI=1S/C20H29N3O2/c1-15(16-4-6-18(25-3)7-5-16)14-23-11-8-17(9-12-23)19(24)20-21-10-13-22(20)2/h4-7,10,13,15,17,19,24H,8-9,11-12,14H2,1-3H3. The second kappa shape index (κ2) is 8.02. The van der Waals surface area contributed by atoms with Crippen LogP contribution in [-0.4, -0.2) is 46.3 Å². The van der Waals surface area contributed by atoms with E-state index in [0.717, 1.165) is 44.0 Å². The van der Waals surface area contributed by atoms with Crippen molar-refractivity contribution in [3.05, 3.63) is 48.0 Å². The van der Waals surface area contributed by atoms with Gasteiger partial charge in [-0.1, -0.05) is 19.1 Å². The first-order valence-corrected chi connectivity index (χ1v) is 9.10. The minimum atomic E-state index is -0.457. The van der Waals surface area contributed by atoms with Crippen molar-refractivity contribution < 1.29 is 9.84 Å². The summed E-state index contributed by atoms with van der Waals surface area (Å²) in [5.74, 6) is 2.47. The Kier molecular flexibility index (Phi) is 5.76. The van der Waals surface area contributed by atoms with E-state index in [9.17, 15) is 5.11 Å². The zero-order valence-electron chi connectivity index (χ0n) is 15.4. The van der Waals surface area contributed by atoms with Gasteiger partial charge in [0.1, 0.15) is 17.7 Å². The number of imidazole rings is 1. The minimum absolute atomic E-state index is 0.300. The molecule has 2 heterocycles. The molecule has 0 radical (unpaired) electrons. The maximum absolute atomic E-state index is 10.6. The summed E-state index contributed by atoms with van der Waals surface area (Å²) in [4.78, 5) is 6.81. The quantitative estimate of drug-likeness (QED) is 0.876. The minimum Gasteiger partial charge on any atom is -0.497 e. The number of rotatable bonds is 6. The molecular formula is C20H29N3O2. The number of hydrogen-bond donors (Lipinski definition) is 1. The molecule has 5 nitrogen and oxygen atoms in total. The van der Waals surface area contributed by atoms with Gasteiger partial charge in [0, 0.05) is 26.0 Å². The first kappa shape index (κ1) is 18.0. The van der Waals surface area contributed by atoms with Crippen LogP contribution in [0.4, 0.5) is 0 Å². The summed E-state index contributed by atoms with van der Waals surface area (Å²) in [6.07, 6.45) is 5.22. The average Bonchev–Trinajstić information content (AvgIpc) is 3.07. The zero-order valence-corrected chi connectivity index (χ0v) is 15.4. The van der Waals surface area contributed by atoms with Gasteiger partial charge in [-0.25, -0.2) is 4.98 Å². The number of aliphatic hydroxyl groups excluding tert-OH is 1. The molecule has 1 aliphatic heterocycles. The van der Waals surface area contributed by atoms with Crippen molar-refractivity contribution in [3.63, 3.8) is 0 Å². The van der Waals surface area contributed by atoms with Crippen molar-refractivity contribution in [2.45, 2.75) is 31.8 Å². The van der Waals surface area contributed by atoms with Crippen LogP contribution in [0, 0.1) is 5.92 Å². The summed E-state index contributed by atoms with van der Waals surface area (Å²) in [6, 6.07) is 8.37. The van der Waals surface area contributed by atoms with Gasteiger partial charge < -0.3 is 19.3 Å². The highest BCUT2D eigenvalue weighted by Crippen LogP contribution is 2.30. The Morgan fingerprint density at radius 3 is 2.48 bits per heavy atom. The maximum Gasteiger partial charge on any atom is 0.137 e. The highest BCUT2D eigenvalue weighted by atomic mass is 16.5. The number of likely N-dealkylation sites (tertiary alicyclic amines) is 1. The molecule has 1 aliphatic rings. The molecule has 2 atom stereocenters. The first-order chi connectivity index (χ1) is 12.1. The van der Waals surface area contributed by atoms with Crippen LogP contribution in [-0.2, 0) is 7.05 Å². The molecule has 5 heteroatoms. The summed E-state index contributed by atoms with van der Waals surface area (Å²) in [5.41, 5.74) is 1.34. The highest BCUT2D eigenvalue weighted by Gasteiger charge is 2.28. The van der Waals surface area contributed by atoms with Crippen LogP contribution in [0.25, 0.3) is 0 Å². The van der Waals surface area contributed by atoms with E-state index in [1.165, 1.54) is 5.56 Å². The number of nitrogens with zero attached hydrogens (tertiary/aromatic N) is 3. The lowest BCUT2D eigenvalue weighted by molar-refractivity contribution is 0.0500. The SMILES string of the molecule is COc1ccc(C(C)CN2CCC(C(O)c3nccn3C)CC2)cc1. The van der Waals surface area contributed by atoms with Gasteiger partial charge in [0.2, 0.25) is 0 Å². The van der Waals surface area contributed by atoms with Gasteiger partial charge in [-0.05, 0) is 55.5 Å². The van der Waals surface area contributed by atoms with E-state index in [1.54, 1.807) is 13.3 Å². The van der Waals surface area contributed by atoms with Crippen LogP contribution in [0.15, 0.2) is 36.7 Å². The van der Waals surface area contributed by atoms with Crippen molar-refractivity contribution in [2.24, 2.45) is 13.0 Å². The second-order valence-electron chi connectivity index (χ2n) is 7.15. The predicted molar refractivity (Wildman–Crippen MR) is 98.7 cm³/mol. The lowest BCUT2D eigenvalue weighted by Gasteiger charge is -2.35. The van der Waals surface area contributed by atoms with Crippen LogP contribution >= 0.6 is 0 Å². The Labute approximate surface area is 150 Å². The Morgan fingerprint density at radius 1 is 1.24 bits per heavy atom. The zero-order chi connectivity index (χ0) is 17.8. The molecule has 1 aromatic heterocycles. The number of aryl methyl sites for hydroxylation is 1. The third-order valence-corrected chi connectivity index (χ3v) is 5.42. The molecule has 1 saturated heterocycles. The Balaban J connectivity index is 1.51. The van der Waals surface area contributed by atoms with Crippen LogP contribution in [0.1, 0.15) is 43.2 Å². The van der Waals surface area contributed by atoms with Gasteiger partial charge in [0.05, 0.1) is 7.11 Å². The van der Waals surface area contributed by atoms with E-state index < -0.39 is 6.10 Å². The Morgan fingerprint density at radius 2 is 1.92 bits per heavy atom.